The van der Waals surface area contributed by atoms with Crippen LogP contribution in [0.5, 0.6) is 5.75 Å². The molecule has 0 unspecified atom stereocenters. The van der Waals surface area contributed by atoms with Crippen LogP contribution in [0.2, 0.25) is 0 Å². The molecule has 134 valence electrons. The van der Waals surface area contributed by atoms with Crippen molar-refractivity contribution < 1.29 is 13.9 Å². The molecule has 0 aliphatic rings. The van der Waals surface area contributed by atoms with Crippen LogP contribution in [0.4, 0.5) is 5.69 Å². The third kappa shape index (κ3) is 5.03. The average Bonchev–Trinajstić information content (AvgIpc) is 3.14. The van der Waals surface area contributed by atoms with Crippen molar-refractivity contribution in [3.8, 4) is 11.8 Å². The number of rotatable bonds is 6. The quantitative estimate of drug-likeness (QED) is 0.485. The Labute approximate surface area is 161 Å². The molecule has 27 heavy (non-hydrogen) atoms. The lowest BCUT2D eigenvalue weighted by Gasteiger charge is -2.06. The van der Waals surface area contributed by atoms with Gasteiger partial charge in [0.15, 0.2) is 5.09 Å². The lowest BCUT2D eigenvalue weighted by Crippen LogP contribution is -2.13. The lowest BCUT2D eigenvalue weighted by atomic mass is 10.2. The van der Waals surface area contributed by atoms with Crippen LogP contribution in [0.3, 0.4) is 0 Å². The summed E-state index contributed by atoms with van der Waals surface area (Å²) in [5.41, 5.74) is 0.490. The molecule has 6 heteroatoms. The first kappa shape index (κ1) is 18.4. The maximum Gasteiger partial charge on any atom is 0.266 e. The molecule has 0 radical (unpaired) electrons. The first-order valence-electron chi connectivity index (χ1n) is 8.08. The van der Waals surface area contributed by atoms with Gasteiger partial charge in [-0.1, -0.05) is 36.0 Å². The molecule has 1 aromatic heterocycles. The zero-order chi connectivity index (χ0) is 19.1. The maximum atomic E-state index is 12.4. The number of hydrogen-bond donors (Lipinski definition) is 1. The highest BCUT2D eigenvalue weighted by atomic mass is 32.2. The topological polar surface area (TPSA) is 75.3 Å². The van der Waals surface area contributed by atoms with Crippen LogP contribution in [0.15, 0.2) is 86.7 Å². The molecule has 0 spiro atoms. The van der Waals surface area contributed by atoms with Crippen molar-refractivity contribution >= 4 is 29.4 Å². The highest BCUT2D eigenvalue weighted by Gasteiger charge is 2.12. The van der Waals surface area contributed by atoms with Crippen molar-refractivity contribution in [2.45, 2.75) is 9.99 Å². The Morgan fingerprint density at radius 1 is 1.15 bits per heavy atom. The first-order chi connectivity index (χ1) is 13.2. The number of carbonyl (C=O) groups is 1. The van der Waals surface area contributed by atoms with E-state index in [1.54, 1.807) is 43.5 Å². The van der Waals surface area contributed by atoms with E-state index in [0.717, 1.165) is 4.90 Å². The molecule has 1 amide bonds. The van der Waals surface area contributed by atoms with Gasteiger partial charge in [0.1, 0.15) is 23.2 Å². The van der Waals surface area contributed by atoms with Gasteiger partial charge in [-0.25, -0.2) is 0 Å². The Morgan fingerprint density at radius 2 is 1.96 bits per heavy atom. The van der Waals surface area contributed by atoms with Gasteiger partial charge >= 0.3 is 0 Å². The Bertz CT molecular complexity index is 1000. The molecular weight excluding hydrogens is 360 g/mol. The summed E-state index contributed by atoms with van der Waals surface area (Å²) in [4.78, 5) is 13.4. The van der Waals surface area contributed by atoms with E-state index >= 15 is 0 Å². The molecule has 0 saturated carbocycles. The fourth-order valence-corrected chi connectivity index (χ4v) is 3.06. The van der Waals surface area contributed by atoms with Crippen LogP contribution in [-0.2, 0) is 4.79 Å². The van der Waals surface area contributed by atoms with Gasteiger partial charge < -0.3 is 14.5 Å². The number of nitrogens with zero attached hydrogens (tertiary/aromatic N) is 1. The third-order valence-corrected chi connectivity index (χ3v) is 4.47. The maximum absolute atomic E-state index is 12.4. The lowest BCUT2D eigenvalue weighted by molar-refractivity contribution is -0.112. The molecule has 5 nitrogen and oxygen atoms in total. The zero-order valence-electron chi connectivity index (χ0n) is 14.5. The molecular formula is C21H16N2O3S. The van der Waals surface area contributed by atoms with Gasteiger partial charge in [-0.3, -0.25) is 4.79 Å². The van der Waals surface area contributed by atoms with Gasteiger partial charge in [-0.2, -0.15) is 5.26 Å². The Kier molecular flexibility index (Phi) is 5.98. The summed E-state index contributed by atoms with van der Waals surface area (Å²) in [7, 11) is 1.55. The van der Waals surface area contributed by atoms with E-state index in [9.17, 15) is 10.1 Å². The van der Waals surface area contributed by atoms with Crippen molar-refractivity contribution in [1.29, 1.82) is 5.26 Å². The fraction of sp³-hybridized carbons (Fsp3) is 0.0476. The molecule has 2 aromatic carbocycles. The summed E-state index contributed by atoms with van der Waals surface area (Å²) < 4.78 is 10.8. The number of amides is 1. The molecule has 0 bridgehead atoms. The molecule has 0 saturated heterocycles. The summed E-state index contributed by atoms with van der Waals surface area (Å²) in [5, 5.41) is 12.7. The second kappa shape index (κ2) is 8.79. The largest absolute Gasteiger partial charge is 0.497 e. The molecule has 3 rings (SSSR count). The normalized spacial score (nSPS) is 10.9. The SMILES string of the molecule is COc1cccc(NC(=O)/C(C#N)=C\c2ccc(Sc3ccccc3)o2)c1. The van der Waals surface area contributed by atoms with Crippen LogP contribution < -0.4 is 10.1 Å². The number of furan rings is 1. The number of hydrogen-bond acceptors (Lipinski definition) is 5. The van der Waals surface area contributed by atoms with Crippen LogP contribution in [-0.4, -0.2) is 13.0 Å². The minimum Gasteiger partial charge on any atom is -0.497 e. The molecule has 0 fully saturated rings. The summed E-state index contributed by atoms with van der Waals surface area (Å²) in [5.74, 6) is 0.536. The van der Waals surface area contributed by atoms with E-state index in [1.807, 2.05) is 36.4 Å². The average molecular weight is 376 g/mol. The Hall–Kier alpha value is -3.43. The summed E-state index contributed by atoms with van der Waals surface area (Å²) in [6.07, 6.45) is 1.42. The summed E-state index contributed by atoms with van der Waals surface area (Å²) in [6, 6.07) is 22.1. The van der Waals surface area contributed by atoms with Crippen molar-refractivity contribution in [1.82, 2.24) is 0 Å². The van der Waals surface area contributed by atoms with E-state index in [0.29, 0.717) is 22.3 Å². The fourth-order valence-electron chi connectivity index (χ4n) is 2.26. The molecule has 3 aromatic rings. The number of carbonyl (C=O) groups excluding carboxylic acids is 1. The van der Waals surface area contributed by atoms with Crippen LogP contribution >= 0.6 is 11.8 Å². The van der Waals surface area contributed by atoms with Gasteiger partial charge in [-0.15, -0.1) is 0 Å². The predicted molar refractivity (Wildman–Crippen MR) is 104 cm³/mol. The van der Waals surface area contributed by atoms with E-state index in [2.05, 4.69) is 5.32 Å². The highest BCUT2D eigenvalue weighted by molar-refractivity contribution is 7.99. The van der Waals surface area contributed by atoms with E-state index in [1.165, 1.54) is 17.8 Å². The second-order valence-corrected chi connectivity index (χ2v) is 6.51. The van der Waals surface area contributed by atoms with Crippen LogP contribution in [0.1, 0.15) is 5.76 Å². The van der Waals surface area contributed by atoms with Crippen molar-refractivity contribution in [3.63, 3.8) is 0 Å². The van der Waals surface area contributed by atoms with Crippen molar-refractivity contribution in [2.24, 2.45) is 0 Å². The van der Waals surface area contributed by atoms with E-state index in [-0.39, 0.29) is 5.57 Å². The van der Waals surface area contributed by atoms with Crippen molar-refractivity contribution in [3.05, 3.63) is 78.1 Å². The van der Waals surface area contributed by atoms with Gasteiger partial charge in [0.2, 0.25) is 0 Å². The number of nitrogens with one attached hydrogen (secondary N) is 1. The molecule has 1 N–H and O–H groups in total. The Morgan fingerprint density at radius 3 is 2.70 bits per heavy atom. The van der Waals surface area contributed by atoms with Crippen LogP contribution in [0, 0.1) is 11.3 Å². The number of methoxy groups -OCH3 is 1. The van der Waals surface area contributed by atoms with E-state index in [4.69, 9.17) is 9.15 Å². The van der Waals surface area contributed by atoms with Gasteiger partial charge in [0.05, 0.1) is 7.11 Å². The number of nitriles is 1. The Balaban J connectivity index is 1.72. The predicted octanol–water partition coefficient (Wildman–Crippen LogP) is 4.99. The van der Waals surface area contributed by atoms with Crippen molar-refractivity contribution in [2.75, 3.05) is 12.4 Å². The standard InChI is InChI=1S/C21H16N2O3S/c1-25-17-7-5-6-16(13-17)23-21(24)15(14-22)12-18-10-11-20(26-18)27-19-8-3-2-4-9-19/h2-13H,1H3,(H,23,24)/b15-12-. The smallest absolute Gasteiger partial charge is 0.266 e. The minimum absolute atomic E-state index is 0.0524. The van der Waals surface area contributed by atoms with Gasteiger partial charge in [-0.05, 0) is 36.4 Å². The zero-order valence-corrected chi connectivity index (χ0v) is 15.3. The summed E-state index contributed by atoms with van der Waals surface area (Å²) in [6.45, 7) is 0. The monoisotopic (exact) mass is 376 g/mol. The third-order valence-electron chi connectivity index (χ3n) is 3.54. The molecule has 0 aliphatic carbocycles. The summed E-state index contributed by atoms with van der Waals surface area (Å²) >= 11 is 1.46. The number of benzene rings is 2. The first-order valence-corrected chi connectivity index (χ1v) is 8.89. The highest BCUT2D eigenvalue weighted by Crippen LogP contribution is 2.29. The minimum atomic E-state index is -0.514. The molecule has 1 heterocycles. The van der Waals surface area contributed by atoms with Gasteiger partial charge in [0, 0.05) is 22.7 Å². The van der Waals surface area contributed by atoms with Crippen LogP contribution in [0.25, 0.3) is 6.08 Å². The van der Waals surface area contributed by atoms with Gasteiger partial charge in [0.25, 0.3) is 5.91 Å². The van der Waals surface area contributed by atoms with E-state index < -0.39 is 5.91 Å². The number of anilines is 1. The molecule has 0 atom stereocenters. The second-order valence-electron chi connectivity index (χ2n) is 5.43. The molecule has 0 aliphatic heterocycles. The number of ether oxygens (including phenoxy) is 1.